The Morgan fingerprint density at radius 1 is 1.29 bits per heavy atom. The lowest BCUT2D eigenvalue weighted by atomic mass is 10.2. The van der Waals surface area contributed by atoms with Gasteiger partial charge in [0.2, 0.25) is 0 Å². The van der Waals surface area contributed by atoms with Gasteiger partial charge in [-0.2, -0.15) is 20.0 Å². The second-order valence-electron chi connectivity index (χ2n) is 5.40. The van der Waals surface area contributed by atoms with Crippen LogP contribution in [0.3, 0.4) is 0 Å². The molecule has 0 aliphatic heterocycles. The highest BCUT2D eigenvalue weighted by Crippen LogP contribution is 2.31. The fraction of sp³-hybridized carbons (Fsp3) is 0.118. The molecule has 142 valence electrons. The summed E-state index contributed by atoms with van der Waals surface area (Å²) in [6.07, 6.45) is 2.38. The van der Waals surface area contributed by atoms with Crippen LogP contribution in [0.15, 0.2) is 30.6 Å². The summed E-state index contributed by atoms with van der Waals surface area (Å²) in [6.45, 7) is 0. The van der Waals surface area contributed by atoms with Gasteiger partial charge in [0, 0.05) is 11.8 Å². The predicted molar refractivity (Wildman–Crippen MR) is 98.1 cm³/mol. The van der Waals surface area contributed by atoms with Crippen molar-refractivity contribution in [3.63, 3.8) is 0 Å². The molecule has 0 atom stereocenters. The van der Waals surface area contributed by atoms with E-state index < -0.39 is 5.97 Å². The molecule has 4 N–H and O–H groups in total. The summed E-state index contributed by atoms with van der Waals surface area (Å²) in [7, 11) is 3.03. The second-order valence-corrected chi connectivity index (χ2v) is 5.40. The van der Waals surface area contributed by atoms with Crippen LogP contribution in [0.1, 0.15) is 15.9 Å². The van der Waals surface area contributed by atoms with Gasteiger partial charge in [0.05, 0.1) is 26.6 Å². The van der Waals surface area contributed by atoms with Gasteiger partial charge in [-0.3, -0.25) is 0 Å². The molecule has 0 aliphatic carbocycles. The Labute approximate surface area is 159 Å². The number of nitriles is 1. The van der Waals surface area contributed by atoms with Gasteiger partial charge < -0.3 is 25.6 Å². The van der Waals surface area contributed by atoms with E-state index in [9.17, 15) is 10.1 Å². The Bertz CT molecular complexity index is 1090. The van der Waals surface area contributed by atoms with Gasteiger partial charge in [-0.1, -0.05) is 0 Å². The van der Waals surface area contributed by atoms with Crippen molar-refractivity contribution in [2.45, 2.75) is 0 Å². The first-order chi connectivity index (χ1) is 13.5. The van der Waals surface area contributed by atoms with Crippen molar-refractivity contribution in [2.75, 3.05) is 25.3 Å². The third kappa shape index (κ3) is 3.34. The van der Waals surface area contributed by atoms with E-state index in [1.807, 2.05) is 6.07 Å². The summed E-state index contributed by atoms with van der Waals surface area (Å²) in [5.74, 6) is -0.126. The number of nitrogens with zero attached hydrogens (tertiary/aromatic N) is 5. The highest BCUT2D eigenvalue weighted by Gasteiger charge is 2.18. The summed E-state index contributed by atoms with van der Waals surface area (Å²) in [5.41, 5.74) is 6.38. The molecule has 11 heteroatoms. The number of benzene rings is 1. The molecule has 1 aromatic carbocycles. The molecule has 0 unspecified atom stereocenters. The van der Waals surface area contributed by atoms with E-state index in [4.69, 9.17) is 20.3 Å². The number of aromatic carboxylic acids is 1. The van der Waals surface area contributed by atoms with Crippen LogP contribution in [0.2, 0.25) is 0 Å². The van der Waals surface area contributed by atoms with E-state index >= 15 is 0 Å². The molecule has 0 radical (unpaired) electrons. The standard InChI is InChI=1S/C17H15N7O4/c1-27-12-4-3-10(5-13(12)28-2)22-15-9(6-18)7-20-17(23-15)24-14(19)11(8-21-24)16(25)26/h3-5,7-8H,19H2,1-2H3,(H,25,26)(H,20,22,23). The molecule has 11 nitrogen and oxygen atoms in total. The number of ether oxygens (including phenoxy) is 2. The minimum Gasteiger partial charge on any atom is -0.493 e. The molecule has 2 aromatic heterocycles. The predicted octanol–water partition coefficient (Wildman–Crippen LogP) is 1.58. The summed E-state index contributed by atoms with van der Waals surface area (Å²) in [4.78, 5) is 19.4. The Kier molecular flexibility index (Phi) is 4.95. The number of nitrogen functional groups attached to an aromatic ring is 1. The number of methoxy groups -OCH3 is 2. The molecule has 0 aliphatic rings. The van der Waals surface area contributed by atoms with Gasteiger partial charge in [-0.25, -0.2) is 9.78 Å². The lowest BCUT2D eigenvalue weighted by Crippen LogP contribution is -2.10. The minimum absolute atomic E-state index is 0.00646. The number of nitrogens with two attached hydrogens (primary N) is 1. The topological polar surface area (TPSA) is 161 Å². The number of aromatic nitrogens is 4. The molecule has 0 spiro atoms. The molecule has 3 aromatic rings. The van der Waals surface area contributed by atoms with Crippen molar-refractivity contribution >= 4 is 23.3 Å². The average molecular weight is 381 g/mol. The molecular formula is C17H15N7O4. The summed E-state index contributed by atoms with van der Waals surface area (Å²) in [6, 6.07) is 7.07. The van der Waals surface area contributed by atoms with Crippen LogP contribution in [0.25, 0.3) is 5.95 Å². The van der Waals surface area contributed by atoms with Gasteiger partial charge in [0.25, 0.3) is 5.95 Å². The molecule has 0 bridgehead atoms. The molecule has 28 heavy (non-hydrogen) atoms. The van der Waals surface area contributed by atoms with Crippen molar-refractivity contribution in [1.29, 1.82) is 5.26 Å². The van der Waals surface area contributed by atoms with Crippen LogP contribution in [0.5, 0.6) is 11.5 Å². The first kappa shape index (κ1) is 18.5. The summed E-state index contributed by atoms with van der Waals surface area (Å²) >= 11 is 0. The molecule has 2 heterocycles. The van der Waals surface area contributed by atoms with Crippen LogP contribution in [-0.4, -0.2) is 45.0 Å². The largest absolute Gasteiger partial charge is 0.493 e. The van der Waals surface area contributed by atoms with Gasteiger partial charge in [-0.05, 0) is 12.1 Å². The first-order valence-corrected chi connectivity index (χ1v) is 7.81. The fourth-order valence-electron chi connectivity index (χ4n) is 2.38. The monoisotopic (exact) mass is 381 g/mol. The highest BCUT2D eigenvalue weighted by atomic mass is 16.5. The quantitative estimate of drug-likeness (QED) is 0.571. The Hall–Kier alpha value is -4.33. The van der Waals surface area contributed by atoms with Gasteiger partial charge in [0.1, 0.15) is 23.0 Å². The van der Waals surface area contributed by atoms with E-state index in [0.29, 0.717) is 17.2 Å². The van der Waals surface area contributed by atoms with E-state index in [-0.39, 0.29) is 28.7 Å². The Morgan fingerprint density at radius 2 is 2.04 bits per heavy atom. The second kappa shape index (κ2) is 7.50. The lowest BCUT2D eigenvalue weighted by Gasteiger charge is -2.12. The van der Waals surface area contributed by atoms with Crippen LogP contribution in [-0.2, 0) is 0 Å². The number of carboxylic acids is 1. The van der Waals surface area contributed by atoms with Crippen molar-refractivity contribution in [3.05, 3.63) is 41.7 Å². The highest BCUT2D eigenvalue weighted by molar-refractivity contribution is 5.92. The SMILES string of the molecule is COc1ccc(Nc2nc(-n3ncc(C(=O)O)c3N)ncc2C#N)cc1OC. The fourth-order valence-corrected chi connectivity index (χ4v) is 2.38. The van der Waals surface area contributed by atoms with E-state index in [0.717, 1.165) is 10.9 Å². The maximum Gasteiger partial charge on any atom is 0.341 e. The van der Waals surface area contributed by atoms with Crippen molar-refractivity contribution < 1.29 is 19.4 Å². The van der Waals surface area contributed by atoms with Crippen molar-refractivity contribution in [2.24, 2.45) is 0 Å². The van der Waals surface area contributed by atoms with Gasteiger partial charge in [-0.15, -0.1) is 0 Å². The van der Waals surface area contributed by atoms with Gasteiger partial charge in [0.15, 0.2) is 17.3 Å². The maximum absolute atomic E-state index is 11.1. The minimum atomic E-state index is -1.22. The normalized spacial score (nSPS) is 10.2. The zero-order chi connectivity index (χ0) is 20.3. The number of hydrogen-bond acceptors (Lipinski definition) is 9. The van der Waals surface area contributed by atoms with Crippen LogP contribution < -0.4 is 20.5 Å². The van der Waals surface area contributed by atoms with E-state index in [2.05, 4.69) is 20.4 Å². The van der Waals surface area contributed by atoms with Crippen molar-refractivity contribution in [3.8, 4) is 23.5 Å². The first-order valence-electron chi connectivity index (χ1n) is 7.81. The number of carboxylic acid groups (broad SMARTS) is 1. The van der Waals surface area contributed by atoms with Crippen LogP contribution in [0, 0.1) is 11.3 Å². The van der Waals surface area contributed by atoms with E-state index in [1.54, 1.807) is 18.2 Å². The molecule has 0 saturated heterocycles. The van der Waals surface area contributed by atoms with Gasteiger partial charge >= 0.3 is 5.97 Å². The third-order valence-corrected chi connectivity index (χ3v) is 3.77. The zero-order valence-corrected chi connectivity index (χ0v) is 14.9. The molecule has 3 rings (SSSR count). The molecule has 0 fully saturated rings. The summed E-state index contributed by atoms with van der Waals surface area (Å²) in [5, 5.41) is 25.3. The third-order valence-electron chi connectivity index (χ3n) is 3.77. The zero-order valence-electron chi connectivity index (χ0n) is 14.9. The number of nitrogens with one attached hydrogen (secondary N) is 1. The molecule has 0 saturated carbocycles. The smallest absolute Gasteiger partial charge is 0.341 e. The van der Waals surface area contributed by atoms with Crippen LogP contribution >= 0.6 is 0 Å². The molecular weight excluding hydrogens is 366 g/mol. The van der Waals surface area contributed by atoms with Crippen molar-refractivity contribution in [1.82, 2.24) is 19.7 Å². The Morgan fingerprint density at radius 3 is 2.64 bits per heavy atom. The maximum atomic E-state index is 11.1. The average Bonchev–Trinajstić information content (AvgIpc) is 3.09. The lowest BCUT2D eigenvalue weighted by molar-refractivity contribution is 0.0698. The molecule has 0 amide bonds. The van der Waals surface area contributed by atoms with Crippen LogP contribution in [0.4, 0.5) is 17.3 Å². The number of hydrogen-bond donors (Lipinski definition) is 3. The van der Waals surface area contributed by atoms with E-state index in [1.165, 1.54) is 20.4 Å². The number of anilines is 3. The number of carbonyl (C=O) groups is 1. The Balaban J connectivity index is 2.01. The summed E-state index contributed by atoms with van der Waals surface area (Å²) < 4.78 is 11.5. The number of rotatable bonds is 6.